The second-order valence-corrected chi connectivity index (χ2v) is 6.51. The number of hydrogen-bond acceptors (Lipinski definition) is 3. The van der Waals surface area contributed by atoms with Gasteiger partial charge in [-0.1, -0.05) is 36.4 Å². The van der Waals surface area contributed by atoms with Gasteiger partial charge < -0.3 is 4.98 Å². The number of aromatic amines is 1. The van der Waals surface area contributed by atoms with E-state index in [1.165, 1.54) is 17.5 Å². The molecular formula is C20H21N3O. The van der Waals surface area contributed by atoms with Crippen LogP contribution in [0.1, 0.15) is 35.8 Å². The lowest BCUT2D eigenvalue weighted by atomic mass is 9.99. The number of aromatic nitrogens is 2. The number of fused-ring (bicyclic) bond motifs is 1. The number of rotatable bonds is 3. The molecule has 1 aromatic heterocycles. The van der Waals surface area contributed by atoms with Gasteiger partial charge in [0.25, 0.3) is 5.56 Å². The standard InChI is InChI=1S/C20H21N3O/c1-14-7-2-3-8-15(14)18-11-6-12-23(18)13-19-21-17-10-5-4-9-16(17)20(24)22-19/h2-5,7-10,18H,6,11-13H2,1H3,(H,21,22,24). The maximum absolute atomic E-state index is 12.3. The van der Waals surface area contributed by atoms with Crippen LogP contribution in [0.25, 0.3) is 10.9 Å². The summed E-state index contributed by atoms with van der Waals surface area (Å²) >= 11 is 0. The molecule has 1 fully saturated rings. The molecular weight excluding hydrogens is 298 g/mol. The van der Waals surface area contributed by atoms with Crippen LogP contribution in [0.3, 0.4) is 0 Å². The molecule has 1 saturated heterocycles. The quantitative estimate of drug-likeness (QED) is 0.803. The lowest BCUT2D eigenvalue weighted by Gasteiger charge is -2.25. The van der Waals surface area contributed by atoms with Crippen LogP contribution < -0.4 is 5.56 Å². The van der Waals surface area contributed by atoms with Crippen molar-refractivity contribution >= 4 is 10.9 Å². The summed E-state index contributed by atoms with van der Waals surface area (Å²) in [4.78, 5) is 22.3. The van der Waals surface area contributed by atoms with Crippen LogP contribution in [0.4, 0.5) is 0 Å². The van der Waals surface area contributed by atoms with E-state index in [0.29, 0.717) is 18.0 Å². The molecule has 3 aromatic rings. The molecule has 0 aliphatic carbocycles. The fourth-order valence-corrected chi connectivity index (χ4v) is 3.73. The Hall–Kier alpha value is -2.46. The van der Waals surface area contributed by atoms with Gasteiger partial charge >= 0.3 is 0 Å². The van der Waals surface area contributed by atoms with Crippen molar-refractivity contribution in [1.29, 1.82) is 0 Å². The fraction of sp³-hybridized carbons (Fsp3) is 0.300. The third-order valence-electron chi connectivity index (χ3n) is 4.93. The van der Waals surface area contributed by atoms with Crippen LogP contribution >= 0.6 is 0 Å². The van der Waals surface area contributed by atoms with E-state index in [-0.39, 0.29) is 5.56 Å². The third kappa shape index (κ3) is 2.74. The van der Waals surface area contributed by atoms with Crippen LogP contribution in [0.2, 0.25) is 0 Å². The zero-order valence-electron chi connectivity index (χ0n) is 13.8. The summed E-state index contributed by atoms with van der Waals surface area (Å²) in [6, 6.07) is 16.5. The highest BCUT2D eigenvalue weighted by atomic mass is 16.1. The maximum atomic E-state index is 12.3. The van der Waals surface area contributed by atoms with E-state index in [4.69, 9.17) is 0 Å². The monoisotopic (exact) mass is 319 g/mol. The second kappa shape index (κ2) is 6.21. The number of nitrogens with zero attached hydrogens (tertiary/aromatic N) is 2. The summed E-state index contributed by atoms with van der Waals surface area (Å²) < 4.78 is 0. The molecule has 1 unspecified atom stereocenters. The Morgan fingerprint density at radius 2 is 1.96 bits per heavy atom. The predicted octanol–water partition coefficient (Wildman–Crippen LogP) is 3.57. The minimum absolute atomic E-state index is 0.0535. The Balaban J connectivity index is 1.65. The molecule has 0 amide bonds. The smallest absolute Gasteiger partial charge is 0.258 e. The van der Waals surface area contributed by atoms with Gasteiger partial charge in [-0.2, -0.15) is 0 Å². The van der Waals surface area contributed by atoms with E-state index in [1.807, 2.05) is 24.3 Å². The normalized spacial score (nSPS) is 18.3. The number of likely N-dealkylation sites (tertiary alicyclic amines) is 1. The van der Waals surface area contributed by atoms with Crippen molar-refractivity contribution in [2.45, 2.75) is 32.4 Å². The number of para-hydroxylation sites is 1. The van der Waals surface area contributed by atoms with Gasteiger partial charge in [-0.05, 0) is 49.6 Å². The molecule has 0 saturated carbocycles. The van der Waals surface area contributed by atoms with Gasteiger partial charge in [-0.15, -0.1) is 0 Å². The van der Waals surface area contributed by atoms with Gasteiger partial charge in [0.05, 0.1) is 17.4 Å². The van der Waals surface area contributed by atoms with Crippen LogP contribution in [0, 0.1) is 6.92 Å². The first-order valence-electron chi connectivity index (χ1n) is 8.50. The molecule has 2 heterocycles. The number of H-pyrrole nitrogens is 1. The van der Waals surface area contributed by atoms with Gasteiger partial charge in [0.1, 0.15) is 5.82 Å². The topological polar surface area (TPSA) is 49.0 Å². The summed E-state index contributed by atoms with van der Waals surface area (Å²) in [6.45, 7) is 3.89. The number of benzene rings is 2. The van der Waals surface area contributed by atoms with Crippen LogP contribution in [0.5, 0.6) is 0 Å². The van der Waals surface area contributed by atoms with Gasteiger partial charge in [0, 0.05) is 6.04 Å². The van der Waals surface area contributed by atoms with Crippen molar-refractivity contribution in [2.75, 3.05) is 6.54 Å². The van der Waals surface area contributed by atoms with Gasteiger partial charge in [0.15, 0.2) is 0 Å². The SMILES string of the molecule is Cc1ccccc1C1CCCN1Cc1nc2ccccc2c(=O)[nH]1. The van der Waals surface area contributed by atoms with Crippen LogP contribution in [0.15, 0.2) is 53.3 Å². The van der Waals surface area contributed by atoms with Crippen molar-refractivity contribution in [3.63, 3.8) is 0 Å². The minimum atomic E-state index is -0.0535. The summed E-state index contributed by atoms with van der Waals surface area (Å²) in [5.41, 5.74) is 3.43. The molecule has 122 valence electrons. The van der Waals surface area contributed by atoms with E-state index in [2.05, 4.69) is 46.1 Å². The zero-order chi connectivity index (χ0) is 16.5. The summed E-state index contributed by atoms with van der Waals surface area (Å²) in [5.74, 6) is 0.749. The van der Waals surface area contributed by atoms with E-state index in [0.717, 1.165) is 24.3 Å². The minimum Gasteiger partial charge on any atom is -0.309 e. The van der Waals surface area contributed by atoms with E-state index in [1.54, 1.807) is 0 Å². The molecule has 1 aliphatic rings. The van der Waals surface area contributed by atoms with Crippen LogP contribution in [-0.2, 0) is 6.54 Å². The van der Waals surface area contributed by atoms with Gasteiger partial charge in [-0.25, -0.2) is 4.98 Å². The maximum Gasteiger partial charge on any atom is 0.258 e. The van der Waals surface area contributed by atoms with E-state index < -0.39 is 0 Å². The van der Waals surface area contributed by atoms with Crippen molar-refractivity contribution in [1.82, 2.24) is 14.9 Å². The Kier molecular flexibility index (Phi) is 3.90. The molecule has 0 bridgehead atoms. The summed E-state index contributed by atoms with van der Waals surface area (Å²) in [5, 5.41) is 0.651. The zero-order valence-corrected chi connectivity index (χ0v) is 13.8. The van der Waals surface area contributed by atoms with Crippen molar-refractivity contribution < 1.29 is 0 Å². The Bertz CT molecular complexity index is 931. The first kappa shape index (κ1) is 15.1. The molecule has 0 spiro atoms. The van der Waals surface area contributed by atoms with Crippen molar-refractivity contribution in [3.8, 4) is 0 Å². The lowest BCUT2D eigenvalue weighted by Crippen LogP contribution is -2.26. The largest absolute Gasteiger partial charge is 0.309 e. The lowest BCUT2D eigenvalue weighted by molar-refractivity contribution is 0.242. The van der Waals surface area contributed by atoms with Gasteiger partial charge in [0.2, 0.25) is 0 Å². The van der Waals surface area contributed by atoms with Gasteiger partial charge in [-0.3, -0.25) is 9.69 Å². The molecule has 1 aliphatic heterocycles. The molecule has 1 N–H and O–H groups in total. The predicted molar refractivity (Wildman–Crippen MR) is 95.9 cm³/mol. The first-order valence-corrected chi connectivity index (χ1v) is 8.50. The summed E-state index contributed by atoms with van der Waals surface area (Å²) in [7, 11) is 0. The van der Waals surface area contributed by atoms with Crippen molar-refractivity contribution in [2.24, 2.45) is 0 Å². The number of aryl methyl sites for hydroxylation is 1. The molecule has 4 heteroatoms. The first-order chi connectivity index (χ1) is 11.7. The highest BCUT2D eigenvalue weighted by molar-refractivity contribution is 5.77. The molecule has 1 atom stereocenters. The fourth-order valence-electron chi connectivity index (χ4n) is 3.73. The molecule has 2 aromatic carbocycles. The Morgan fingerprint density at radius 3 is 2.83 bits per heavy atom. The Morgan fingerprint density at radius 1 is 1.17 bits per heavy atom. The molecule has 4 rings (SSSR count). The Labute approximate surface area is 141 Å². The second-order valence-electron chi connectivity index (χ2n) is 6.51. The van der Waals surface area contributed by atoms with Crippen LogP contribution in [-0.4, -0.2) is 21.4 Å². The molecule has 24 heavy (non-hydrogen) atoms. The number of hydrogen-bond donors (Lipinski definition) is 1. The van der Waals surface area contributed by atoms with E-state index in [9.17, 15) is 4.79 Å². The molecule has 0 radical (unpaired) electrons. The third-order valence-corrected chi connectivity index (χ3v) is 4.93. The number of nitrogens with one attached hydrogen (secondary N) is 1. The molecule has 4 nitrogen and oxygen atoms in total. The highest BCUT2D eigenvalue weighted by Crippen LogP contribution is 2.34. The van der Waals surface area contributed by atoms with Crippen molar-refractivity contribution in [3.05, 3.63) is 75.8 Å². The van der Waals surface area contributed by atoms with E-state index >= 15 is 0 Å². The average Bonchev–Trinajstić information content (AvgIpc) is 3.03. The summed E-state index contributed by atoms with van der Waals surface area (Å²) in [6.07, 6.45) is 2.33. The average molecular weight is 319 g/mol. The highest BCUT2D eigenvalue weighted by Gasteiger charge is 2.27.